The van der Waals surface area contributed by atoms with Crippen LogP contribution in [0, 0.1) is 0 Å². The Bertz CT molecular complexity index is 984. The summed E-state index contributed by atoms with van der Waals surface area (Å²) in [5.41, 5.74) is 5.30. The predicted octanol–water partition coefficient (Wildman–Crippen LogP) is 8.89. The van der Waals surface area contributed by atoms with E-state index in [1.165, 1.54) is 64.2 Å². The maximum absolute atomic E-state index is 12.5. The summed E-state index contributed by atoms with van der Waals surface area (Å²) in [6.45, 7) is 2.68. The summed E-state index contributed by atoms with van der Waals surface area (Å²) in [4.78, 5) is 45.5. The van der Waals surface area contributed by atoms with Gasteiger partial charge < -0.3 is 25.2 Å². The number of carboxylic acid groups (broad SMARTS) is 1. The van der Waals surface area contributed by atoms with Crippen molar-refractivity contribution in [3.63, 3.8) is 0 Å². The number of carboxylic acids is 1. The molecule has 11 nitrogen and oxygen atoms in total. The highest BCUT2D eigenvalue weighted by Crippen LogP contribution is 2.43. The third-order valence-corrected chi connectivity index (χ3v) is 8.59. The summed E-state index contributed by atoms with van der Waals surface area (Å²) in [6, 6.07) is -1.53. The first kappa shape index (κ1) is 46.7. The van der Waals surface area contributed by atoms with E-state index in [2.05, 4.69) is 42.7 Å². The van der Waals surface area contributed by atoms with Crippen LogP contribution in [0.1, 0.15) is 149 Å². The Morgan fingerprint density at radius 3 is 1.67 bits per heavy atom. The molecule has 0 radical (unpaired) electrons. The number of esters is 2. The van der Waals surface area contributed by atoms with Gasteiger partial charge in [-0.15, -0.1) is 0 Å². The molecule has 0 aromatic heterocycles. The molecule has 0 rings (SSSR count). The predicted molar refractivity (Wildman–Crippen MR) is 194 cm³/mol. The number of nitrogens with two attached hydrogens (primary N) is 1. The molecule has 4 N–H and O–H groups in total. The van der Waals surface area contributed by atoms with Gasteiger partial charge in [0.15, 0.2) is 6.10 Å². The molecule has 0 saturated heterocycles. The van der Waals surface area contributed by atoms with Gasteiger partial charge >= 0.3 is 25.7 Å². The number of phosphoric acid groups is 1. The molecule has 1 unspecified atom stereocenters. The van der Waals surface area contributed by atoms with E-state index in [4.69, 9.17) is 24.8 Å². The normalized spacial score (nSPS) is 14.4. The first-order chi connectivity index (χ1) is 23.6. The van der Waals surface area contributed by atoms with Crippen LogP contribution in [0.15, 0.2) is 36.5 Å². The minimum Gasteiger partial charge on any atom is -0.480 e. The van der Waals surface area contributed by atoms with Gasteiger partial charge in [-0.1, -0.05) is 127 Å². The summed E-state index contributed by atoms with van der Waals surface area (Å²) in [6.07, 6.45) is 32.4. The zero-order chi connectivity index (χ0) is 36.4. The first-order valence-electron chi connectivity index (χ1n) is 18.5. The Hall–Kier alpha value is -2.30. The SMILES string of the molecule is CCCCCCCC/C=C/C/C=C/C/C=C/CCCC(=O)O[C@@H](COC(=O)CCCCCCCCCC)COP(=O)(O)OC[C@H](N)C(=O)O. The van der Waals surface area contributed by atoms with Crippen LogP contribution in [-0.4, -0.2) is 59.9 Å². The van der Waals surface area contributed by atoms with Gasteiger partial charge in [-0.3, -0.25) is 23.4 Å². The molecule has 49 heavy (non-hydrogen) atoms. The van der Waals surface area contributed by atoms with Crippen LogP contribution in [-0.2, 0) is 37.5 Å². The number of carbonyl (C=O) groups is 3. The van der Waals surface area contributed by atoms with E-state index in [-0.39, 0.29) is 19.4 Å². The second-order valence-corrected chi connectivity index (χ2v) is 13.8. The van der Waals surface area contributed by atoms with E-state index in [0.717, 1.165) is 38.5 Å². The van der Waals surface area contributed by atoms with Crippen LogP contribution in [0.2, 0.25) is 0 Å². The minimum atomic E-state index is -4.72. The largest absolute Gasteiger partial charge is 0.480 e. The molecule has 12 heteroatoms. The third-order valence-electron chi connectivity index (χ3n) is 7.64. The number of rotatable bonds is 34. The van der Waals surface area contributed by atoms with Gasteiger partial charge in [0.2, 0.25) is 0 Å². The summed E-state index contributed by atoms with van der Waals surface area (Å²) < 4.78 is 32.4. The Labute approximate surface area is 295 Å². The van der Waals surface area contributed by atoms with Crippen molar-refractivity contribution < 1.29 is 47.5 Å². The fourth-order valence-electron chi connectivity index (χ4n) is 4.67. The lowest BCUT2D eigenvalue weighted by atomic mass is 10.1. The number of hydrogen-bond donors (Lipinski definition) is 3. The lowest BCUT2D eigenvalue weighted by molar-refractivity contribution is -0.161. The van der Waals surface area contributed by atoms with Crippen molar-refractivity contribution in [2.75, 3.05) is 19.8 Å². The Balaban J connectivity index is 4.52. The van der Waals surface area contributed by atoms with Gasteiger partial charge in [-0.25, -0.2) is 4.57 Å². The van der Waals surface area contributed by atoms with Crippen molar-refractivity contribution in [1.82, 2.24) is 0 Å². The smallest absolute Gasteiger partial charge is 0.472 e. The molecule has 0 amide bonds. The van der Waals surface area contributed by atoms with Crippen LogP contribution in [0.3, 0.4) is 0 Å². The van der Waals surface area contributed by atoms with E-state index < -0.39 is 51.1 Å². The van der Waals surface area contributed by atoms with Crippen LogP contribution in [0.25, 0.3) is 0 Å². The molecule has 0 heterocycles. The molecule has 284 valence electrons. The summed E-state index contributed by atoms with van der Waals surface area (Å²) in [5, 5.41) is 8.84. The number of aliphatic carboxylic acids is 1. The highest BCUT2D eigenvalue weighted by atomic mass is 31.2. The van der Waals surface area contributed by atoms with Crippen LogP contribution in [0.4, 0.5) is 0 Å². The average molecular weight is 716 g/mol. The number of phosphoric ester groups is 1. The first-order valence-corrected chi connectivity index (χ1v) is 20.0. The highest BCUT2D eigenvalue weighted by Gasteiger charge is 2.28. The Morgan fingerprint density at radius 1 is 0.633 bits per heavy atom. The molecule has 0 aromatic carbocycles. The molecule has 0 bridgehead atoms. The van der Waals surface area contributed by atoms with Crippen molar-refractivity contribution in [2.45, 2.75) is 161 Å². The van der Waals surface area contributed by atoms with Crippen LogP contribution in [0.5, 0.6) is 0 Å². The minimum absolute atomic E-state index is 0.0903. The lowest BCUT2D eigenvalue weighted by Gasteiger charge is -2.20. The fraction of sp³-hybridized carbons (Fsp3) is 0.757. The number of allylic oxidation sites excluding steroid dienone is 6. The van der Waals surface area contributed by atoms with Crippen molar-refractivity contribution in [3.8, 4) is 0 Å². The second kappa shape index (κ2) is 32.9. The number of hydrogen-bond acceptors (Lipinski definition) is 9. The van der Waals surface area contributed by atoms with Crippen LogP contribution >= 0.6 is 7.82 Å². The van der Waals surface area contributed by atoms with Gasteiger partial charge in [0.25, 0.3) is 0 Å². The molecular weight excluding hydrogens is 649 g/mol. The highest BCUT2D eigenvalue weighted by molar-refractivity contribution is 7.47. The van der Waals surface area contributed by atoms with Gasteiger partial charge in [-0.05, 0) is 44.9 Å². The molecule has 0 aliphatic rings. The fourth-order valence-corrected chi connectivity index (χ4v) is 5.45. The third kappa shape index (κ3) is 32.7. The monoisotopic (exact) mass is 715 g/mol. The van der Waals surface area contributed by atoms with Crippen molar-refractivity contribution >= 4 is 25.7 Å². The molecule has 0 fully saturated rings. The van der Waals surface area contributed by atoms with Gasteiger partial charge in [0.1, 0.15) is 12.6 Å². The average Bonchev–Trinajstić information content (AvgIpc) is 3.07. The molecule has 0 aliphatic carbocycles. The Kier molecular flexibility index (Phi) is 31.3. The van der Waals surface area contributed by atoms with Crippen molar-refractivity contribution in [1.29, 1.82) is 0 Å². The summed E-state index contributed by atoms with van der Waals surface area (Å²) in [5.74, 6) is -2.45. The van der Waals surface area contributed by atoms with Crippen molar-refractivity contribution in [2.24, 2.45) is 5.73 Å². The zero-order valence-electron chi connectivity index (χ0n) is 30.3. The van der Waals surface area contributed by atoms with Gasteiger partial charge in [-0.2, -0.15) is 0 Å². The molecular formula is C37H66NO10P. The van der Waals surface area contributed by atoms with E-state index in [0.29, 0.717) is 19.3 Å². The van der Waals surface area contributed by atoms with E-state index in [1.54, 1.807) is 0 Å². The maximum Gasteiger partial charge on any atom is 0.472 e. The number of ether oxygens (including phenoxy) is 2. The molecule has 0 aliphatic heterocycles. The second-order valence-electron chi connectivity index (χ2n) is 12.4. The molecule has 0 aromatic rings. The molecule has 3 atom stereocenters. The lowest BCUT2D eigenvalue weighted by Crippen LogP contribution is -2.34. The topological polar surface area (TPSA) is 172 Å². The molecule has 0 spiro atoms. The number of unbranched alkanes of at least 4 members (excludes halogenated alkanes) is 14. The van der Waals surface area contributed by atoms with Crippen LogP contribution < -0.4 is 5.73 Å². The zero-order valence-corrected chi connectivity index (χ0v) is 31.2. The summed E-state index contributed by atoms with van der Waals surface area (Å²) >= 11 is 0. The van der Waals surface area contributed by atoms with E-state index in [1.807, 2.05) is 12.2 Å². The standard InChI is InChI=1S/C37H66NO10P/c1-3-5-7-9-11-13-14-15-16-17-18-19-20-21-23-25-27-29-36(40)48-33(31-46-49(43,44)47-32-34(38)37(41)42)30-45-35(39)28-26-24-22-12-10-8-6-4-2/h15-16,18-19,21,23,33-34H,3-14,17,20,22,24-32,38H2,1-2H3,(H,41,42)(H,43,44)/b16-15+,19-18+,23-21+/t33-,34-/m0/s1. The van der Waals surface area contributed by atoms with E-state index in [9.17, 15) is 23.8 Å². The van der Waals surface area contributed by atoms with E-state index >= 15 is 0 Å². The maximum atomic E-state index is 12.5. The van der Waals surface area contributed by atoms with Gasteiger partial charge in [0, 0.05) is 12.8 Å². The molecule has 0 saturated carbocycles. The van der Waals surface area contributed by atoms with Gasteiger partial charge in [0.05, 0.1) is 13.2 Å². The Morgan fingerprint density at radius 2 is 1.10 bits per heavy atom. The number of carbonyl (C=O) groups excluding carboxylic acids is 2. The van der Waals surface area contributed by atoms with Crippen molar-refractivity contribution in [3.05, 3.63) is 36.5 Å². The summed E-state index contributed by atoms with van der Waals surface area (Å²) in [7, 11) is -4.72. The quantitative estimate of drug-likeness (QED) is 0.0251.